The molecule has 87 heavy (non-hydrogen) atoms. The average molecular weight is 1250 g/mol. The van der Waals surface area contributed by atoms with Gasteiger partial charge in [0, 0.05) is 19.8 Å². The predicted molar refractivity (Wildman–Crippen MR) is 325 cm³/mol. The van der Waals surface area contributed by atoms with Crippen molar-refractivity contribution in [2.75, 3.05) is 26.4 Å². The summed E-state index contributed by atoms with van der Waals surface area (Å²) in [4.78, 5) is 38.4. The highest BCUT2D eigenvalue weighted by atomic mass is 16.8. The molecule has 510 valence electrons. The quantitative estimate of drug-likeness (QED) is 0.0278. The van der Waals surface area contributed by atoms with Gasteiger partial charge in [0.1, 0.15) is 67.1 Å². The fourth-order valence-corrected chi connectivity index (χ4v) is 11.8. The van der Waals surface area contributed by atoms with Crippen LogP contribution in [-0.2, 0) is 42.8 Å². The number of hydrogen-bond acceptors (Lipinski definition) is 20. The van der Waals surface area contributed by atoms with Gasteiger partial charge in [-0.1, -0.05) is 193 Å². The Morgan fingerprint density at radius 3 is 1.55 bits per heavy atom. The minimum Gasteiger partial charge on any atom is -0.477 e. The van der Waals surface area contributed by atoms with E-state index in [2.05, 4.69) is 36.6 Å². The zero-order valence-electron chi connectivity index (χ0n) is 52.9. The molecule has 3 heterocycles. The molecule has 0 aliphatic carbocycles. The molecule has 23 heteroatoms. The molecule has 3 aliphatic heterocycles. The molecule has 18 unspecified atom stereocenters. The number of aliphatic hydroxyl groups excluding tert-OH is 11. The van der Waals surface area contributed by atoms with E-state index in [0.717, 1.165) is 64.7 Å². The first-order chi connectivity index (χ1) is 41.9. The van der Waals surface area contributed by atoms with Gasteiger partial charge in [0.25, 0.3) is 5.79 Å². The maximum atomic E-state index is 13.4. The molecule has 0 radical (unpaired) electrons. The Bertz CT molecular complexity index is 1820. The van der Waals surface area contributed by atoms with E-state index >= 15 is 0 Å². The van der Waals surface area contributed by atoms with Gasteiger partial charge in [-0.2, -0.15) is 0 Å². The third-order valence-electron chi connectivity index (χ3n) is 17.2. The van der Waals surface area contributed by atoms with Crippen molar-refractivity contribution in [1.29, 1.82) is 0 Å². The molecule has 18 atom stereocenters. The van der Waals surface area contributed by atoms with E-state index in [4.69, 9.17) is 28.4 Å². The van der Waals surface area contributed by atoms with E-state index in [1.165, 1.54) is 128 Å². The Hall–Kier alpha value is -2.53. The Kier molecular flexibility index (Phi) is 41.3. The van der Waals surface area contributed by atoms with Crippen LogP contribution in [-0.4, -0.2) is 215 Å². The van der Waals surface area contributed by atoms with Crippen molar-refractivity contribution in [3.8, 4) is 0 Å². The number of carbonyl (C=O) groups is 3. The number of amides is 2. The summed E-state index contributed by atoms with van der Waals surface area (Å²) in [5.41, 5.74) is 0. The molecule has 0 aromatic carbocycles. The lowest BCUT2D eigenvalue weighted by Gasteiger charge is -2.50. The lowest BCUT2D eigenvalue weighted by atomic mass is 9.88. The fraction of sp³-hybridized carbons (Fsp3) is 0.922. The minimum absolute atomic E-state index is 0.221. The molecule has 0 spiro atoms. The topological polar surface area (TPSA) is 373 Å². The van der Waals surface area contributed by atoms with Crippen LogP contribution in [0.2, 0.25) is 0 Å². The van der Waals surface area contributed by atoms with Gasteiger partial charge >= 0.3 is 5.97 Å². The normalized spacial score (nSPS) is 29.2. The zero-order valence-corrected chi connectivity index (χ0v) is 52.9. The summed E-state index contributed by atoms with van der Waals surface area (Å²) in [7, 11) is 0. The minimum atomic E-state index is -3.08. The second-order valence-corrected chi connectivity index (χ2v) is 24.7. The largest absolute Gasteiger partial charge is 0.477 e. The number of aliphatic hydroxyl groups is 11. The number of ether oxygens (including phenoxy) is 6. The van der Waals surface area contributed by atoms with E-state index in [1.807, 2.05) is 0 Å². The van der Waals surface area contributed by atoms with Crippen LogP contribution < -0.4 is 10.6 Å². The monoisotopic (exact) mass is 1250 g/mol. The summed E-state index contributed by atoms with van der Waals surface area (Å²) >= 11 is 0. The maximum Gasteiger partial charge on any atom is 0.364 e. The summed E-state index contributed by atoms with van der Waals surface area (Å²) in [6.45, 7) is 2.16. The van der Waals surface area contributed by atoms with Crippen molar-refractivity contribution in [2.45, 2.75) is 349 Å². The lowest BCUT2D eigenvalue weighted by Crippen LogP contribution is -2.70. The van der Waals surface area contributed by atoms with E-state index in [-0.39, 0.29) is 18.9 Å². The van der Waals surface area contributed by atoms with Gasteiger partial charge in [0.05, 0.1) is 50.7 Å². The number of hydrogen-bond donors (Lipinski definition) is 14. The molecule has 3 aliphatic rings. The first-order valence-corrected chi connectivity index (χ1v) is 33.5. The van der Waals surface area contributed by atoms with Gasteiger partial charge in [-0.3, -0.25) is 9.59 Å². The second-order valence-electron chi connectivity index (χ2n) is 24.7. The van der Waals surface area contributed by atoms with Crippen LogP contribution >= 0.6 is 0 Å². The predicted octanol–water partition coefficient (Wildman–Crippen LogP) is 5.12. The van der Waals surface area contributed by atoms with Crippen molar-refractivity contribution in [1.82, 2.24) is 10.6 Å². The third-order valence-corrected chi connectivity index (χ3v) is 17.2. The number of carbonyl (C=O) groups excluding carboxylic acids is 2. The van der Waals surface area contributed by atoms with Crippen molar-refractivity contribution in [3.05, 3.63) is 12.2 Å². The Morgan fingerprint density at radius 2 is 1.07 bits per heavy atom. The third kappa shape index (κ3) is 28.9. The molecule has 0 saturated carbocycles. The van der Waals surface area contributed by atoms with E-state index in [1.54, 1.807) is 0 Å². The molecule has 23 nitrogen and oxygen atoms in total. The van der Waals surface area contributed by atoms with Gasteiger partial charge in [0.15, 0.2) is 12.6 Å². The number of allylic oxidation sites excluding steroid dienone is 2. The first-order valence-electron chi connectivity index (χ1n) is 33.5. The van der Waals surface area contributed by atoms with Crippen molar-refractivity contribution >= 4 is 17.8 Å². The van der Waals surface area contributed by atoms with Crippen LogP contribution in [0.1, 0.15) is 239 Å². The van der Waals surface area contributed by atoms with Crippen LogP contribution in [0, 0.1) is 0 Å². The lowest BCUT2D eigenvalue weighted by molar-refractivity contribution is -0.386. The number of carboxylic acids is 1. The van der Waals surface area contributed by atoms with Crippen LogP contribution in [0.4, 0.5) is 0 Å². The summed E-state index contributed by atoms with van der Waals surface area (Å²) < 4.78 is 34.7. The standard InChI is InChI=1S/C64H118N2O21/c1-4-6-8-10-12-14-15-16-17-18-19-20-21-22-23-24-25-26-27-28-30-32-34-36-38-51(74)66-45(46(71)37-35-33-31-29-13-11-9-7-5-2)43-82-61-56(78)55(77)58(50(42-69)84-61)85-62-57(79)60(54(76)49(41-68)83-62)87-64(63(80)81)39-47(72)52(65-44(3)70)59(86-64)53(75)48(73)40-67/h22-23,45-50,52-62,67-69,71-73,75-79H,4-21,24-43H2,1-3H3,(H,65,70)(H,66,74)(H,80,81)/b23-22-. The molecule has 2 amide bonds. The van der Waals surface area contributed by atoms with Crippen molar-refractivity contribution < 1.29 is 104 Å². The summed E-state index contributed by atoms with van der Waals surface area (Å²) in [5, 5.41) is 136. The molecule has 0 aromatic rings. The van der Waals surface area contributed by atoms with E-state index in [0.29, 0.717) is 19.3 Å². The smallest absolute Gasteiger partial charge is 0.364 e. The Morgan fingerprint density at radius 1 is 0.586 bits per heavy atom. The Balaban J connectivity index is 1.54. The highest BCUT2D eigenvalue weighted by molar-refractivity contribution is 5.77. The van der Waals surface area contributed by atoms with Gasteiger partial charge in [-0.05, 0) is 38.5 Å². The average Bonchev–Trinajstić information content (AvgIpc) is 0.844. The first kappa shape index (κ1) is 78.7. The maximum absolute atomic E-state index is 13.4. The molecule has 14 N–H and O–H groups in total. The summed E-state index contributed by atoms with van der Waals surface area (Å²) in [6.07, 6.45) is 12.6. The molecule has 0 aromatic heterocycles. The van der Waals surface area contributed by atoms with E-state index < -0.39 is 148 Å². The molecular weight excluding hydrogens is 1130 g/mol. The highest BCUT2D eigenvalue weighted by Crippen LogP contribution is 2.39. The SMILES string of the molecule is CCCCCCCCCCCCCC/C=C\CCCCCCCCCCC(=O)NC(COC1OC(CO)C(OC2OC(CO)C(O)C(OC3(C(=O)O)CC(O)C(NC(C)=O)C(C(O)C(O)CO)O3)C2O)C(O)C1O)C(O)CCCCCCCCCCC. The van der Waals surface area contributed by atoms with Crippen molar-refractivity contribution in [3.63, 3.8) is 0 Å². The highest BCUT2D eigenvalue weighted by Gasteiger charge is 2.60. The molecule has 0 bridgehead atoms. The van der Waals surface area contributed by atoms with Gasteiger partial charge < -0.3 is 100 Å². The Labute approximate surface area is 518 Å². The summed E-state index contributed by atoms with van der Waals surface area (Å²) in [6, 6.07) is -2.53. The second kappa shape index (κ2) is 45.7. The van der Waals surface area contributed by atoms with Crippen LogP contribution in [0.15, 0.2) is 12.2 Å². The number of carboxylic acid groups (broad SMARTS) is 1. The molecule has 3 rings (SSSR count). The summed E-state index contributed by atoms with van der Waals surface area (Å²) in [5.74, 6) is -6.10. The van der Waals surface area contributed by atoms with Gasteiger partial charge in [-0.25, -0.2) is 4.79 Å². The fourth-order valence-electron chi connectivity index (χ4n) is 11.8. The molecule has 3 saturated heterocycles. The number of aliphatic carboxylic acids is 1. The van der Waals surface area contributed by atoms with Crippen LogP contribution in [0.5, 0.6) is 0 Å². The number of unbranched alkanes of at least 4 members (excludes halogenated alkanes) is 28. The zero-order chi connectivity index (χ0) is 64.0. The van der Waals surface area contributed by atoms with Crippen LogP contribution in [0.25, 0.3) is 0 Å². The van der Waals surface area contributed by atoms with Gasteiger partial charge in [-0.15, -0.1) is 0 Å². The molecule has 3 fully saturated rings. The van der Waals surface area contributed by atoms with Crippen LogP contribution in [0.3, 0.4) is 0 Å². The van der Waals surface area contributed by atoms with Gasteiger partial charge in [0.2, 0.25) is 11.8 Å². The molecular formula is C64H118N2O21. The number of nitrogens with one attached hydrogen (secondary N) is 2. The van der Waals surface area contributed by atoms with E-state index in [9.17, 15) is 75.7 Å². The number of rotatable bonds is 50. The van der Waals surface area contributed by atoms with Crippen molar-refractivity contribution in [2.24, 2.45) is 0 Å².